The molecule has 7 heteroatoms. The molecule has 0 radical (unpaired) electrons. The minimum absolute atomic E-state index is 0.145. The van der Waals surface area contributed by atoms with Crippen molar-refractivity contribution in [1.82, 2.24) is 4.90 Å². The summed E-state index contributed by atoms with van der Waals surface area (Å²) >= 11 is 0. The fraction of sp³-hybridized carbons (Fsp3) is 0.345. The smallest absolute Gasteiger partial charge is 0.307 e. The van der Waals surface area contributed by atoms with Crippen LogP contribution in [0.2, 0.25) is 0 Å². The number of ether oxygens (including phenoxy) is 3. The maximum absolute atomic E-state index is 13.5. The molecule has 186 valence electrons. The molecule has 1 aliphatic heterocycles. The fourth-order valence-electron chi connectivity index (χ4n) is 5.11. The SMILES string of the molecule is CCOc1cc(C(CC(=O)OC)N2C(=O)c3cc4ccccc4cc3C2=O)ccc1OC1CCCC1. The van der Waals surface area contributed by atoms with Crippen LogP contribution >= 0.6 is 0 Å². The van der Waals surface area contributed by atoms with Gasteiger partial charge in [0.25, 0.3) is 11.8 Å². The second-order valence-electron chi connectivity index (χ2n) is 9.18. The summed E-state index contributed by atoms with van der Waals surface area (Å²) in [6.07, 6.45) is 4.26. The molecule has 3 aromatic carbocycles. The Balaban J connectivity index is 1.53. The first-order valence-corrected chi connectivity index (χ1v) is 12.4. The summed E-state index contributed by atoms with van der Waals surface area (Å²) in [5.74, 6) is -0.235. The Hall–Kier alpha value is -3.87. The average Bonchev–Trinajstić information content (AvgIpc) is 3.49. The summed E-state index contributed by atoms with van der Waals surface area (Å²) in [6, 6.07) is 15.6. The van der Waals surface area contributed by atoms with Gasteiger partial charge in [0.15, 0.2) is 11.5 Å². The van der Waals surface area contributed by atoms with Crippen LogP contribution < -0.4 is 9.47 Å². The van der Waals surface area contributed by atoms with E-state index in [1.807, 2.05) is 31.2 Å². The van der Waals surface area contributed by atoms with Crippen LogP contribution in [0.25, 0.3) is 10.8 Å². The Labute approximate surface area is 209 Å². The number of hydrogen-bond donors (Lipinski definition) is 0. The van der Waals surface area contributed by atoms with Gasteiger partial charge in [-0.05, 0) is 73.2 Å². The number of amides is 2. The molecular weight excluding hydrogens is 458 g/mol. The van der Waals surface area contributed by atoms with E-state index in [1.54, 1.807) is 30.3 Å². The van der Waals surface area contributed by atoms with Gasteiger partial charge in [-0.1, -0.05) is 30.3 Å². The van der Waals surface area contributed by atoms with Crippen LogP contribution in [0.5, 0.6) is 11.5 Å². The monoisotopic (exact) mass is 487 g/mol. The van der Waals surface area contributed by atoms with Crippen molar-refractivity contribution in [3.05, 3.63) is 71.3 Å². The number of nitrogens with zero attached hydrogens (tertiary/aromatic N) is 1. The van der Waals surface area contributed by atoms with Crippen molar-refractivity contribution < 1.29 is 28.6 Å². The third kappa shape index (κ3) is 4.41. The Morgan fingerprint density at radius 2 is 1.58 bits per heavy atom. The standard InChI is InChI=1S/C29H29NO6/c1-3-35-26-16-20(12-13-25(26)36-21-10-6-7-11-21)24(17-27(31)34-2)30-28(32)22-14-18-8-4-5-9-19(18)15-23(22)29(30)33/h4-5,8-9,12-16,21,24H,3,6-7,10-11,17H2,1-2H3. The van der Waals surface area contributed by atoms with Crippen LogP contribution in [-0.2, 0) is 9.53 Å². The first-order chi connectivity index (χ1) is 17.5. The Morgan fingerprint density at radius 3 is 2.17 bits per heavy atom. The summed E-state index contributed by atoms with van der Waals surface area (Å²) in [7, 11) is 1.29. The van der Waals surface area contributed by atoms with Crippen molar-refractivity contribution in [3.63, 3.8) is 0 Å². The number of fused-ring (bicyclic) bond motifs is 2. The van der Waals surface area contributed by atoms with Gasteiger partial charge >= 0.3 is 5.97 Å². The Morgan fingerprint density at radius 1 is 0.944 bits per heavy atom. The predicted octanol–water partition coefficient (Wildman–Crippen LogP) is 5.46. The first kappa shape index (κ1) is 23.9. The van der Waals surface area contributed by atoms with Gasteiger partial charge in [-0.2, -0.15) is 0 Å². The number of methoxy groups -OCH3 is 1. The normalized spacial score (nSPS) is 16.3. The van der Waals surface area contributed by atoms with Gasteiger partial charge in [0.2, 0.25) is 0 Å². The molecule has 1 saturated carbocycles. The molecule has 5 rings (SSSR count). The van der Waals surface area contributed by atoms with Crippen molar-refractivity contribution in [1.29, 1.82) is 0 Å². The molecule has 36 heavy (non-hydrogen) atoms. The lowest BCUT2D eigenvalue weighted by atomic mass is 10.0. The minimum Gasteiger partial charge on any atom is -0.490 e. The van der Waals surface area contributed by atoms with Crippen LogP contribution in [0, 0.1) is 0 Å². The van der Waals surface area contributed by atoms with Crippen molar-refractivity contribution >= 4 is 28.6 Å². The molecule has 0 saturated heterocycles. The zero-order valence-corrected chi connectivity index (χ0v) is 20.5. The van der Waals surface area contributed by atoms with Gasteiger partial charge in [0.05, 0.1) is 43.4 Å². The number of hydrogen-bond acceptors (Lipinski definition) is 6. The second-order valence-corrected chi connectivity index (χ2v) is 9.18. The molecular formula is C29H29NO6. The summed E-state index contributed by atoms with van der Waals surface area (Å²) in [6.45, 7) is 2.30. The van der Waals surface area contributed by atoms with Gasteiger partial charge in [0, 0.05) is 0 Å². The van der Waals surface area contributed by atoms with Crippen molar-refractivity contribution in [2.45, 2.75) is 51.2 Å². The highest BCUT2D eigenvalue weighted by Crippen LogP contribution is 2.39. The molecule has 1 atom stereocenters. The molecule has 3 aromatic rings. The van der Waals surface area contributed by atoms with E-state index in [1.165, 1.54) is 12.0 Å². The van der Waals surface area contributed by atoms with Crippen molar-refractivity contribution in [3.8, 4) is 11.5 Å². The molecule has 1 unspecified atom stereocenters. The van der Waals surface area contributed by atoms with Gasteiger partial charge in [-0.15, -0.1) is 0 Å². The molecule has 2 aliphatic rings. The highest BCUT2D eigenvalue weighted by Gasteiger charge is 2.42. The highest BCUT2D eigenvalue weighted by molar-refractivity contribution is 6.23. The maximum Gasteiger partial charge on any atom is 0.307 e. The van der Waals surface area contributed by atoms with Crippen LogP contribution in [0.1, 0.15) is 71.3 Å². The largest absolute Gasteiger partial charge is 0.490 e. The fourth-order valence-corrected chi connectivity index (χ4v) is 5.11. The summed E-state index contributed by atoms with van der Waals surface area (Å²) < 4.78 is 17.0. The van der Waals surface area contributed by atoms with E-state index in [-0.39, 0.29) is 12.5 Å². The molecule has 7 nitrogen and oxygen atoms in total. The molecule has 1 heterocycles. The van der Waals surface area contributed by atoms with Crippen molar-refractivity contribution in [2.24, 2.45) is 0 Å². The topological polar surface area (TPSA) is 82.1 Å². The summed E-state index contributed by atoms with van der Waals surface area (Å²) in [4.78, 5) is 40.7. The highest BCUT2D eigenvalue weighted by atomic mass is 16.5. The second kappa shape index (κ2) is 10.0. The summed E-state index contributed by atoms with van der Waals surface area (Å²) in [5, 5.41) is 1.74. The zero-order chi connectivity index (χ0) is 25.2. The number of benzene rings is 3. The molecule has 2 amide bonds. The van der Waals surface area contributed by atoms with E-state index in [9.17, 15) is 14.4 Å². The molecule has 1 fully saturated rings. The van der Waals surface area contributed by atoms with Crippen LogP contribution in [0.4, 0.5) is 0 Å². The van der Waals surface area contributed by atoms with Crippen LogP contribution in [0.3, 0.4) is 0 Å². The van der Waals surface area contributed by atoms with Crippen molar-refractivity contribution in [2.75, 3.05) is 13.7 Å². The van der Waals surface area contributed by atoms with Gasteiger partial charge in [-0.25, -0.2) is 0 Å². The van der Waals surface area contributed by atoms with E-state index in [0.717, 1.165) is 36.5 Å². The lowest BCUT2D eigenvalue weighted by Gasteiger charge is -2.27. The van der Waals surface area contributed by atoms with E-state index < -0.39 is 23.8 Å². The quantitative estimate of drug-likeness (QED) is 0.310. The first-order valence-electron chi connectivity index (χ1n) is 12.4. The number of carbonyl (C=O) groups is 3. The van der Waals surface area contributed by atoms with E-state index in [0.29, 0.717) is 34.8 Å². The van der Waals surface area contributed by atoms with Crippen LogP contribution in [0.15, 0.2) is 54.6 Å². The lowest BCUT2D eigenvalue weighted by Crippen LogP contribution is -2.35. The molecule has 0 bridgehead atoms. The number of carbonyl (C=O) groups excluding carboxylic acids is 3. The third-order valence-corrected chi connectivity index (χ3v) is 6.93. The minimum atomic E-state index is -0.854. The van der Waals surface area contributed by atoms with E-state index in [2.05, 4.69) is 0 Å². The molecule has 0 spiro atoms. The molecule has 1 aliphatic carbocycles. The van der Waals surface area contributed by atoms with E-state index in [4.69, 9.17) is 14.2 Å². The number of rotatable bonds is 8. The van der Waals surface area contributed by atoms with Crippen LogP contribution in [-0.4, -0.2) is 42.5 Å². The molecule has 0 N–H and O–H groups in total. The van der Waals surface area contributed by atoms with Gasteiger partial charge < -0.3 is 14.2 Å². The Kier molecular flexibility index (Phi) is 6.63. The van der Waals surface area contributed by atoms with E-state index >= 15 is 0 Å². The lowest BCUT2D eigenvalue weighted by molar-refractivity contribution is -0.141. The zero-order valence-electron chi connectivity index (χ0n) is 20.5. The third-order valence-electron chi connectivity index (χ3n) is 6.93. The average molecular weight is 488 g/mol. The number of imide groups is 1. The molecule has 0 aromatic heterocycles. The van der Waals surface area contributed by atoms with Gasteiger partial charge in [-0.3, -0.25) is 19.3 Å². The summed E-state index contributed by atoms with van der Waals surface area (Å²) in [5.41, 5.74) is 1.27. The Bertz CT molecular complexity index is 1270. The predicted molar refractivity (Wildman–Crippen MR) is 134 cm³/mol. The van der Waals surface area contributed by atoms with Gasteiger partial charge in [0.1, 0.15) is 0 Å². The number of esters is 1. The maximum atomic E-state index is 13.5.